The summed E-state index contributed by atoms with van der Waals surface area (Å²) in [5.41, 5.74) is 1.81. The molecule has 2 rings (SSSR count). The van der Waals surface area contributed by atoms with Gasteiger partial charge in [0.1, 0.15) is 0 Å². The Labute approximate surface area is 58.6 Å². The van der Waals surface area contributed by atoms with Gasteiger partial charge in [0, 0.05) is 5.52 Å². The third kappa shape index (κ3) is 0.739. The Morgan fingerprint density at radius 1 is 1.10 bits per heavy atom. The van der Waals surface area contributed by atoms with Gasteiger partial charge in [-0.15, -0.1) is 12.3 Å². The summed E-state index contributed by atoms with van der Waals surface area (Å²) in [6, 6.07) is 7.72. The van der Waals surface area contributed by atoms with Gasteiger partial charge in [-0.1, -0.05) is 23.7 Å². The summed E-state index contributed by atoms with van der Waals surface area (Å²) < 4.78 is 0. The molecule has 2 nitrogen and oxygen atoms in total. The zero-order valence-electron chi connectivity index (χ0n) is 5.28. The van der Waals surface area contributed by atoms with Crippen LogP contribution in [0.2, 0.25) is 0 Å². The lowest BCUT2D eigenvalue weighted by molar-refractivity contribution is 1.28. The number of rotatable bonds is 0. The van der Waals surface area contributed by atoms with E-state index in [0.717, 1.165) is 11.0 Å². The van der Waals surface area contributed by atoms with Gasteiger partial charge in [-0.05, 0) is 6.20 Å². The van der Waals surface area contributed by atoms with Crippen LogP contribution in [0.1, 0.15) is 0 Å². The van der Waals surface area contributed by atoms with Crippen LogP contribution in [0.15, 0.2) is 30.5 Å². The number of benzene rings is 1. The van der Waals surface area contributed by atoms with Gasteiger partial charge in [0.2, 0.25) is 0 Å². The Bertz CT molecular complexity index is 278. The van der Waals surface area contributed by atoms with E-state index in [4.69, 9.17) is 0 Å². The maximum absolute atomic E-state index is 4.06. The van der Waals surface area contributed by atoms with E-state index in [0.29, 0.717) is 0 Å². The van der Waals surface area contributed by atoms with Crippen molar-refractivity contribution in [2.75, 3.05) is 0 Å². The van der Waals surface area contributed by atoms with Crippen molar-refractivity contribution in [1.82, 2.24) is 9.97 Å². The molecule has 1 aromatic carbocycles. The van der Waals surface area contributed by atoms with Crippen LogP contribution in [0.3, 0.4) is 0 Å². The van der Waals surface area contributed by atoms with Crippen molar-refractivity contribution >= 4 is 11.0 Å². The molecule has 0 aliphatic heterocycles. The average Bonchev–Trinajstić information content (AvgIpc) is 2.05. The highest BCUT2D eigenvalue weighted by atomic mass is 14.8. The SMILES string of the molecule is [c-]1cnc2ccccc2n1. The minimum absolute atomic E-state index is 0.894. The van der Waals surface area contributed by atoms with Crippen molar-refractivity contribution in [2.24, 2.45) is 0 Å². The van der Waals surface area contributed by atoms with Gasteiger partial charge in [-0.3, -0.25) is 4.98 Å². The number of hydrogen-bond donors (Lipinski definition) is 0. The molecule has 1 aromatic heterocycles. The van der Waals surface area contributed by atoms with Crippen LogP contribution in [-0.4, -0.2) is 9.97 Å². The molecule has 0 aliphatic rings. The molecule has 10 heavy (non-hydrogen) atoms. The molecule has 0 amide bonds. The number of nitrogens with zero attached hydrogens (tertiary/aromatic N) is 2. The third-order valence-corrected chi connectivity index (χ3v) is 1.33. The Hall–Kier alpha value is -1.44. The van der Waals surface area contributed by atoms with E-state index in [2.05, 4.69) is 16.2 Å². The van der Waals surface area contributed by atoms with E-state index in [1.165, 1.54) is 0 Å². The molecular weight excluding hydrogens is 124 g/mol. The highest BCUT2D eigenvalue weighted by molar-refractivity contribution is 5.72. The molecule has 2 aromatic rings. The molecule has 0 bridgehead atoms. The van der Waals surface area contributed by atoms with Crippen LogP contribution in [0.4, 0.5) is 0 Å². The van der Waals surface area contributed by atoms with Crippen molar-refractivity contribution in [1.29, 1.82) is 0 Å². The summed E-state index contributed by atoms with van der Waals surface area (Å²) in [6.07, 6.45) is 4.25. The summed E-state index contributed by atoms with van der Waals surface area (Å²) in [7, 11) is 0. The molecule has 0 spiro atoms. The van der Waals surface area contributed by atoms with E-state index in [1.807, 2.05) is 24.3 Å². The lowest BCUT2D eigenvalue weighted by atomic mass is 10.3. The molecular formula is C8H5N2-. The van der Waals surface area contributed by atoms with Gasteiger partial charge >= 0.3 is 0 Å². The number of hydrogen-bond acceptors (Lipinski definition) is 2. The van der Waals surface area contributed by atoms with Crippen molar-refractivity contribution < 1.29 is 0 Å². The molecule has 2 heteroatoms. The first kappa shape index (κ1) is 5.35. The number of fused-ring (bicyclic) bond motifs is 1. The van der Waals surface area contributed by atoms with Crippen LogP contribution >= 0.6 is 0 Å². The predicted molar refractivity (Wildman–Crippen MR) is 38.4 cm³/mol. The van der Waals surface area contributed by atoms with Crippen molar-refractivity contribution in [3.8, 4) is 0 Å². The lowest BCUT2D eigenvalue weighted by Crippen LogP contribution is -1.79. The molecule has 0 fully saturated rings. The minimum atomic E-state index is 0.894. The Morgan fingerprint density at radius 3 is 2.70 bits per heavy atom. The molecule has 0 atom stereocenters. The van der Waals surface area contributed by atoms with Crippen LogP contribution < -0.4 is 0 Å². The molecule has 0 unspecified atom stereocenters. The Morgan fingerprint density at radius 2 is 1.90 bits per heavy atom. The van der Waals surface area contributed by atoms with Crippen molar-refractivity contribution in [3.05, 3.63) is 36.7 Å². The molecule has 48 valence electrons. The second-order valence-electron chi connectivity index (χ2n) is 1.99. The highest BCUT2D eigenvalue weighted by Crippen LogP contribution is 2.04. The Balaban J connectivity index is 2.89. The summed E-state index contributed by atoms with van der Waals surface area (Å²) >= 11 is 0. The Kier molecular flexibility index (Phi) is 1.10. The van der Waals surface area contributed by atoms with E-state index < -0.39 is 0 Å². The topological polar surface area (TPSA) is 25.8 Å². The first-order chi connectivity index (χ1) is 4.97. The summed E-state index contributed by atoms with van der Waals surface area (Å²) in [4.78, 5) is 8.06. The smallest absolute Gasteiger partial charge is 0.00478 e. The average molecular weight is 129 g/mol. The minimum Gasteiger partial charge on any atom is -0.448 e. The van der Waals surface area contributed by atoms with Crippen LogP contribution in [0.5, 0.6) is 0 Å². The largest absolute Gasteiger partial charge is 0.448 e. The fourth-order valence-electron chi connectivity index (χ4n) is 0.865. The standard InChI is InChI=1S/C8H5N2/c1-2-4-8-7(3-1)9-5-6-10-8/h1-5H/q-1. The van der Waals surface area contributed by atoms with Gasteiger partial charge < -0.3 is 4.98 Å². The zero-order chi connectivity index (χ0) is 6.81. The van der Waals surface area contributed by atoms with Crippen LogP contribution in [-0.2, 0) is 0 Å². The van der Waals surface area contributed by atoms with Gasteiger partial charge in [0.15, 0.2) is 0 Å². The van der Waals surface area contributed by atoms with Crippen molar-refractivity contribution in [2.45, 2.75) is 0 Å². The first-order valence-corrected chi connectivity index (χ1v) is 3.05. The number of aromatic nitrogens is 2. The van der Waals surface area contributed by atoms with Gasteiger partial charge in [-0.2, -0.15) is 0 Å². The van der Waals surface area contributed by atoms with E-state index in [-0.39, 0.29) is 0 Å². The second kappa shape index (κ2) is 2.06. The van der Waals surface area contributed by atoms with Gasteiger partial charge in [0.05, 0.1) is 0 Å². The molecule has 0 saturated heterocycles. The maximum Gasteiger partial charge on any atom is 0.00478 e. The van der Waals surface area contributed by atoms with Crippen LogP contribution in [0.25, 0.3) is 11.0 Å². The van der Waals surface area contributed by atoms with Gasteiger partial charge in [0.25, 0.3) is 0 Å². The fraction of sp³-hybridized carbons (Fsp3) is 0. The fourth-order valence-corrected chi connectivity index (χ4v) is 0.865. The summed E-state index contributed by atoms with van der Waals surface area (Å²) in [6.45, 7) is 0. The molecule has 0 radical (unpaired) electrons. The molecule has 0 N–H and O–H groups in total. The van der Waals surface area contributed by atoms with Crippen LogP contribution in [0, 0.1) is 6.20 Å². The second-order valence-corrected chi connectivity index (χ2v) is 1.99. The lowest BCUT2D eigenvalue weighted by Gasteiger charge is -2.00. The monoisotopic (exact) mass is 129 g/mol. The van der Waals surface area contributed by atoms with E-state index >= 15 is 0 Å². The van der Waals surface area contributed by atoms with Gasteiger partial charge in [-0.25, -0.2) is 0 Å². The molecule has 0 aliphatic carbocycles. The third-order valence-electron chi connectivity index (χ3n) is 1.33. The summed E-state index contributed by atoms with van der Waals surface area (Å²) in [5, 5.41) is 0. The van der Waals surface area contributed by atoms with Crippen molar-refractivity contribution in [3.63, 3.8) is 0 Å². The van der Waals surface area contributed by atoms with E-state index in [1.54, 1.807) is 6.20 Å². The highest BCUT2D eigenvalue weighted by Gasteiger charge is 1.78. The van der Waals surface area contributed by atoms with E-state index in [9.17, 15) is 0 Å². The maximum atomic E-state index is 4.06. The quantitative estimate of drug-likeness (QED) is 0.503. The zero-order valence-corrected chi connectivity index (χ0v) is 5.28. The predicted octanol–water partition coefficient (Wildman–Crippen LogP) is 1.43. The first-order valence-electron chi connectivity index (χ1n) is 3.05. The molecule has 0 saturated carbocycles. The summed E-state index contributed by atoms with van der Waals surface area (Å²) in [5.74, 6) is 0. The molecule has 1 heterocycles. The number of para-hydroxylation sites is 2. The normalized spacial score (nSPS) is 10.0.